The third-order valence-electron chi connectivity index (χ3n) is 4.64. The highest BCUT2D eigenvalue weighted by atomic mass is 32.2. The predicted molar refractivity (Wildman–Crippen MR) is 123 cm³/mol. The molecule has 0 aliphatic carbocycles. The van der Waals surface area contributed by atoms with Crippen LogP contribution in [0.3, 0.4) is 0 Å². The van der Waals surface area contributed by atoms with E-state index >= 15 is 0 Å². The first-order valence-corrected chi connectivity index (χ1v) is 11.0. The van der Waals surface area contributed by atoms with Crippen molar-refractivity contribution < 1.29 is 14.0 Å². The lowest BCUT2D eigenvalue weighted by Gasteiger charge is -2.16. The summed E-state index contributed by atoms with van der Waals surface area (Å²) in [5.74, 6) is -0.162. The van der Waals surface area contributed by atoms with E-state index in [0.717, 1.165) is 5.56 Å². The first-order valence-electron chi connectivity index (χ1n) is 9.97. The Bertz CT molecular complexity index is 1110. The van der Waals surface area contributed by atoms with Crippen molar-refractivity contribution in [2.75, 3.05) is 11.1 Å². The Kier molecular flexibility index (Phi) is 7.77. The highest BCUT2D eigenvalue weighted by Crippen LogP contribution is 2.22. The second-order valence-corrected chi connectivity index (χ2v) is 8.04. The van der Waals surface area contributed by atoms with Gasteiger partial charge in [0.05, 0.1) is 11.8 Å². The molecule has 166 valence electrons. The van der Waals surface area contributed by atoms with E-state index in [9.17, 15) is 14.0 Å². The first-order chi connectivity index (χ1) is 15.4. The Hall–Kier alpha value is -3.46. The van der Waals surface area contributed by atoms with Crippen LogP contribution in [0.1, 0.15) is 34.7 Å². The maximum atomic E-state index is 13.0. The largest absolute Gasteiger partial charge is 0.342 e. The van der Waals surface area contributed by atoms with E-state index in [1.54, 1.807) is 12.1 Å². The Morgan fingerprint density at radius 3 is 2.59 bits per heavy atom. The molecule has 2 N–H and O–H groups in total. The van der Waals surface area contributed by atoms with Gasteiger partial charge in [-0.3, -0.25) is 9.59 Å². The van der Waals surface area contributed by atoms with Crippen LogP contribution in [0, 0.1) is 12.7 Å². The molecule has 2 aromatic carbocycles. The number of anilines is 1. The molecular formula is C23H24FN5O2S. The SMILES string of the molecule is C=CCn1c(SCC(=O)Nc2ccc(F)cc2)nnc1[C@@H](C)NC(=O)c1ccccc1C. The zero-order valence-corrected chi connectivity index (χ0v) is 18.7. The maximum Gasteiger partial charge on any atom is 0.252 e. The van der Waals surface area contributed by atoms with E-state index in [1.807, 2.05) is 36.6 Å². The molecule has 0 bridgehead atoms. The van der Waals surface area contributed by atoms with Crippen molar-refractivity contribution in [1.82, 2.24) is 20.1 Å². The third kappa shape index (κ3) is 5.82. The fraction of sp³-hybridized carbons (Fsp3) is 0.217. The predicted octanol–water partition coefficient (Wildman–Crippen LogP) is 4.13. The molecule has 32 heavy (non-hydrogen) atoms. The number of amides is 2. The Morgan fingerprint density at radius 1 is 1.19 bits per heavy atom. The summed E-state index contributed by atoms with van der Waals surface area (Å²) in [4.78, 5) is 24.9. The van der Waals surface area contributed by atoms with Gasteiger partial charge in [-0.15, -0.1) is 16.8 Å². The van der Waals surface area contributed by atoms with E-state index in [1.165, 1.54) is 36.0 Å². The van der Waals surface area contributed by atoms with Crippen molar-refractivity contribution in [1.29, 1.82) is 0 Å². The van der Waals surface area contributed by atoms with Crippen LogP contribution >= 0.6 is 11.8 Å². The molecule has 1 heterocycles. The van der Waals surface area contributed by atoms with Gasteiger partial charge in [-0.2, -0.15) is 0 Å². The number of nitrogens with zero attached hydrogens (tertiary/aromatic N) is 3. The van der Waals surface area contributed by atoms with Gasteiger partial charge in [0, 0.05) is 17.8 Å². The number of carbonyl (C=O) groups excluding carboxylic acids is 2. The number of aromatic nitrogens is 3. The molecule has 0 saturated heterocycles. The van der Waals surface area contributed by atoms with Crippen LogP contribution in [0.25, 0.3) is 0 Å². The molecule has 1 atom stereocenters. The minimum atomic E-state index is -0.406. The van der Waals surface area contributed by atoms with Gasteiger partial charge in [-0.25, -0.2) is 4.39 Å². The number of aryl methyl sites for hydroxylation is 1. The third-order valence-corrected chi connectivity index (χ3v) is 5.61. The molecule has 2 amide bonds. The van der Waals surface area contributed by atoms with Gasteiger partial charge in [0.25, 0.3) is 5.91 Å². The summed E-state index contributed by atoms with van der Waals surface area (Å²) in [6.45, 7) is 7.91. The van der Waals surface area contributed by atoms with Crippen LogP contribution in [0.4, 0.5) is 10.1 Å². The van der Waals surface area contributed by atoms with Crippen molar-refractivity contribution in [3.8, 4) is 0 Å². The van der Waals surface area contributed by atoms with Crippen LogP contribution in [0.5, 0.6) is 0 Å². The maximum absolute atomic E-state index is 13.0. The van der Waals surface area contributed by atoms with Crippen LogP contribution in [0.2, 0.25) is 0 Å². The minimum Gasteiger partial charge on any atom is -0.342 e. The number of thioether (sulfide) groups is 1. The molecule has 0 fully saturated rings. The molecule has 3 aromatic rings. The Morgan fingerprint density at radius 2 is 1.91 bits per heavy atom. The number of rotatable bonds is 9. The molecule has 9 heteroatoms. The smallest absolute Gasteiger partial charge is 0.252 e. The lowest BCUT2D eigenvalue weighted by atomic mass is 10.1. The normalized spacial score (nSPS) is 11.6. The molecule has 7 nitrogen and oxygen atoms in total. The molecule has 0 spiro atoms. The molecular weight excluding hydrogens is 429 g/mol. The molecule has 0 aliphatic heterocycles. The van der Waals surface area contributed by atoms with Crippen molar-refractivity contribution in [2.24, 2.45) is 0 Å². The van der Waals surface area contributed by atoms with Gasteiger partial charge in [-0.1, -0.05) is 36.0 Å². The molecule has 0 unspecified atom stereocenters. The second kappa shape index (κ2) is 10.7. The quantitative estimate of drug-likeness (QED) is 0.376. The highest BCUT2D eigenvalue weighted by molar-refractivity contribution is 7.99. The van der Waals surface area contributed by atoms with E-state index < -0.39 is 6.04 Å². The monoisotopic (exact) mass is 453 g/mol. The number of benzene rings is 2. The van der Waals surface area contributed by atoms with E-state index in [0.29, 0.717) is 28.8 Å². The molecule has 3 rings (SSSR count). The van der Waals surface area contributed by atoms with Gasteiger partial charge in [0.1, 0.15) is 5.82 Å². The van der Waals surface area contributed by atoms with E-state index in [-0.39, 0.29) is 23.4 Å². The number of allylic oxidation sites excluding steroid dienone is 1. The zero-order valence-electron chi connectivity index (χ0n) is 17.8. The summed E-state index contributed by atoms with van der Waals surface area (Å²) in [5, 5.41) is 14.6. The summed E-state index contributed by atoms with van der Waals surface area (Å²) in [7, 11) is 0. The minimum absolute atomic E-state index is 0.0939. The van der Waals surface area contributed by atoms with Crippen molar-refractivity contribution in [3.63, 3.8) is 0 Å². The summed E-state index contributed by atoms with van der Waals surface area (Å²) in [5.41, 5.74) is 1.99. The van der Waals surface area contributed by atoms with Crippen LogP contribution in [-0.4, -0.2) is 32.3 Å². The Labute approximate surface area is 190 Å². The number of hydrogen-bond acceptors (Lipinski definition) is 5. The average Bonchev–Trinajstić information content (AvgIpc) is 3.17. The Balaban J connectivity index is 1.67. The fourth-order valence-electron chi connectivity index (χ4n) is 3.05. The average molecular weight is 454 g/mol. The van der Waals surface area contributed by atoms with Gasteiger partial charge in [0.15, 0.2) is 11.0 Å². The van der Waals surface area contributed by atoms with Gasteiger partial charge >= 0.3 is 0 Å². The fourth-order valence-corrected chi connectivity index (χ4v) is 3.81. The van der Waals surface area contributed by atoms with Crippen LogP contribution < -0.4 is 10.6 Å². The van der Waals surface area contributed by atoms with E-state index in [2.05, 4.69) is 27.4 Å². The van der Waals surface area contributed by atoms with Crippen LogP contribution in [-0.2, 0) is 11.3 Å². The summed E-state index contributed by atoms with van der Waals surface area (Å²) in [6.07, 6.45) is 1.70. The summed E-state index contributed by atoms with van der Waals surface area (Å²) in [6, 6.07) is 12.5. The lowest BCUT2D eigenvalue weighted by Crippen LogP contribution is -2.29. The summed E-state index contributed by atoms with van der Waals surface area (Å²) < 4.78 is 14.8. The van der Waals surface area contributed by atoms with E-state index in [4.69, 9.17) is 0 Å². The molecule has 1 aromatic heterocycles. The summed E-state index contributed by atoms with van der Waals surface area (Å²) >= 11 is 1.22. The van der Waals surface area contributed by atoms with Gasteiger partial charge < -0.3 is 15.2 Å². The zero-order chi connectivity index (χ0) is 23.1. The van der Waals surface area contributed by atoms with Crippen LogP contribution in [0.15, 0.2) is 66.3 Å². The standard InChI is InChI=1S/C23H24FN5O2S/c1-4-13-29-21(16(3)25-22(31)19-8-6-5-7-15(19)2)27-28-23(29)32-14-20(30)26-18-11-9-17(24)10-12-18/h4-12,16H,1,13-14H2,2-3H3,(H,25,31)(H,26,30)/t16-/m1/s1. The number of nitrogens with one attached hydrogen (secondary N) is 2. The topological polar surface area (TPSA) is 88.9 Å². The van der Waals surface area contributed by atoms with Crippen molar-refractivity contribution in [3.05, 3.63) is 84.0 Å². The first kappa shape index (κ1) is 23.2. The molecule has 0 saturated carbocycles. The number of halogens is 1. The molecule has 0 radical (unpaired) electrons. The number of hydrogen-bond donors (Lipinski definition) is 2. The van der Waals surface area contributed by atoms with Gasteiger partial charge in [0.2, 0.25) is 5.91 Å². The second-order valence-electron chi connectivity index (χ2n) is 7.09. The van der Waals surface area contributed by atoms with Crippen molar-refractivity contribution in [2.45, 2.75) is 31.6 Å². The lowest BCUT2D eigenvalue weighted by molar-refractivity contribution is -0.113. The molecule has 0 aliphatic rings. The highest BCUT2D eigenvalue weighted by Gasteiger charge is 2.21. The van der Waals surface area contributed by atoms with Crippen molar-refractivity contribution >= 4 is 29.3 Å². The number of carbonyl (C=O) groups is 2. The van der Waals surface area contributed by atoms with Gasteiger partial charge in [-0.05, 0) is 49.7 Å².